The molecular weight excluding hydrogens is 272 g/mol. The highest BCUT2D eigenvalue weighted by atomic mass is 16.5. The highest BCUT2D eigenvalue weighted by Crippen LogP contribution is 2.27. The lowest BCUT2D eigenvalue weighted by atomic mass is 10.2. The summed E-state index contributed by atoms with van der Waals surface area (Å²) in [7, 11) is 3.09. The normalized spacial score (nSPS) is 10.3. The Kier molecular flexibility index (Phi) is 4.07. The van der Waals surface area contributed by atoms with E-state index in [1.807, 2.05) is 0 Å². The van der Waals surface area contributed by atoms with Gasteiger partial charge in [-0.15, -0.1) is 0 Å². The van der Waals surface area contributed by atoms with Gasteiger partial charge in [-0.05, 0) is 19.1 Å². The Morgan fingerprint density at radius 1 is 1.19 bits per heavy atom. The van der Waals surface area contributed by atoms with Gasteiger partial charge in [-0.1, -0.05) is 0 Å². The number of aryl methyl sites for hydroxylation is 1. The predicted molar refractivity (Wildman–Crippen MR) is 77.7 cm³/mol. The fourth-order valence-electron chi connectivity index (χ4n) is 2.00. The molecule has 6 nitrogen and oxygen atoms in total. The van der Waals surface area contributed by atoms with E-state index in [0.29, 0.717) is 22.9 Å². The minimum Gasteiger partial charge on any atom is -0.497 e. The van der Waals surface area contributed by atoms with E-state index in [9.17, 15) is 9.59 Å². The molecule has 6 heteroatoms. The lowest BCUT2D eigenvalue weighted by Crippen LogP contribution is -2.21. The Bertz CT molecular complexity index is 750. The predicted octanol–water partition coefficient (Wildman–Crippen LogP) is 1.76. The molecule has 0 fully saturated rings. The number of nitrogens with zero attached hydrogens (tertiary/aromatic N) is 2. The van der Waals surface area contributed by atoms with Gasteiger partial charge in [0.05, 0.1) is 14.2 Å². The zero-order chi connectivity index (χ0) is 15.6. The zero-order valence-corrected chi connectivity index (χ0v) is 12.3. The number of ketones is 1. The molecule has 2 aromatic rings. The number of benzene rings is 1. The largest absolute Gasteiger partial charge is 0.497 e. The number of rotatable bonds is 4. The molecule has 1 aromatic heterocycles. The molecule has 0 saturated carbocycles. The van der Waals surface area contributed by atoms with Crippen LogP contribution in [0, 0.1) is 6.92 Å². The zero-order valence-electron chi connectivity index (χ0n) is 12.3. The van der Waals surface area contributed by atoms with Crippen molar-refractivity contribution in [3.8, 4) is 17.2 Å². The van der Waals surface area contributed by atoms with Crippen LogP contribution in [0.1, 0.15) is 23.1 Å². The van der Waals surface area contributed by atoms with Crippen molar-refractivity contribution < 1.29 is 14.3 Å². The van der Waals surface area contributed by atoms with Crippen molar-refractivity contribution in [3.63, 3.8) is 0 Å². The summed E-state index contributed by atoms with van der Waals surface area (Å²) in [5.41, 5.74) is 0.744. The molecule has 110 valence electrons. The third kappa shape index (κ3) is 2.79. The van der Waals surface area contributed by atoms with Crippen molar-refractivity contribution >= 4 is 5.78 Å². The standard InChI is InChI=1S/C15H16N2O4/c1-9-7-13(19)15(10(2)18)16-17(9)12-6-5-11(20-3)8-14(12)21-4/h5-8H,1-4H3. The van der Waals surface area contributed by atoms with E-state index in [-0.39, 0.29) is 16.9 Å². The molecule has 0 aliphatic heterocycles. The maximum Gasteiger partial charge on any atom is 0.211 e. The van der Waals surface area contributed by atoms with E-state index >= 15 is 0 Å². The third-order valence-electron chi connectivity index (χ3n) is 3.06. The topological polar surface area (TPSA) is 70.4 Å². The van der Waals surface area contributed by atoms with E-state index in [4.69, 9.17) is 9.47 Å². The van der Waals surface area contributed by atoms with Crippen LogP contribution in [0.2, 0.25) is 0 Å². The summed E-state index contributed by atoms with van der Waals surface area (Å²) in [6.45, 7) is 3.05. The molecule has 21 heavy (non-hydrogen) atoms. The Morgan fingerprint density at radius 3 is 2.48 bits per heavy atom. The first-order chi connectivity index (χ1) is 9.97. The number of carbonyl (C=O) groups excluding carboxylic acids is 1. The lowest BCUT2D eigenvalue weighted by Gasteiger charge is -2.14. The van der Waals surface area contributed by atoms with E-state index in [1.165, 1.54) is 24.8 Å². The summed E-state index contributed by atoms with van der Waals surface area (Å²) in [6.07, 6.45) is 0. The van der Waals surface area contributed by atoms with E-state index < -0.39 is 0 Å². The van der Waals surface area contributed by atoms with Gasteiger partial charge < -0.3 is 9.47 Å². The van der Waals surface area contributed by atoms with E-state index in [1.54, 1.807) is 32.2 Å². The van der Waals surface area contributed by atoms with Gasteiger partial charge in [-0.2, -0.15) is 5.10 Å². The molecule has 1 aromatic carbocycles. The van der Waals surface area contributed by atoms with E-state index in [0.717, 1.165) is 0 Å². The Balaban J connectivity index is 2.69. The molecule has 0 spiro atoms. The fraction of sp³-hybridized carbons (Fsp3) is 0.267. The summed E-state index contributed by atoms with van der Waals surface area (Å²) in [4.78, 5) is 23.3. The number of hydrogen-bond acceptors (Lipinski definition) is 5. The van der Waals surface area contributed by atoms with Gasteiger partial charge >= 0.3 is 0 Å². The number of hydrogen-bond donors (Lipinski definition) is 0. The number of ether oxygens (including phenoxy) is 2. The molecule has 1 heterocycles. The van der Waals surface area contributed by atoms with Gasteiger partial charge in [0.2, 0.25) is 5.43 Å². The first kappa shape index (κ1) is 14.8. The molecule has 0 unspecified atom stereocenters. The minimum atomic E-state index is -0.385. The van der Waals surface area contributed by atoms with Gasteiger partial charge in [-0.3, -0.25) is 9.59 Å². The Labute approximate surface area is 121 Å². The van der Waals surface area contributed by atoms with Crippen molar-refractivity contribution in [2.24, 2.45) is 0 Å². The Hall–Kier alpha value is -2.63. The van der Waals surface area contributed by atoms with Crippen molar-refractivity contribution in [1.29, 1.82) is 0 Å². The third-order valence-corrected chi connectivity index (χ3v) is 3.06. The molecule has 0 atom stereocenters. The molecule has 2 rings (SSSR count). The average molecular weight is 288 g/mol. The minimum absolute atomic E-state index is 0.0986. The second-order valence-corrected chi connectivity index (χ2v) is 4.50. The molecule has 0 radical (unpaired) electrons. The molecule has 0 aliphatic rings. The number of Topliss-reactive ketones (excluding diaryl/α,β-unsaturated/α-hetero) is 1. The van der Waals surface area contributed by atoms with Crippen molar-refractivity contribution in [1.82, 2.24) is 9.78 Å². The maximum atomic E-state index is 11.8. The van der Waals surface area contributed by atoms with Crippen LogP contribution in [0.3, 0.4) is 0 Å². The van der Waals surface area contributed by atoms with Crippen molar-refractivity contribution in [3.05, 3.63) is 45.9 Å². The second-order valence-electron chi connectivity index (χ2n) is 4.50. The highest BCUT2D eigenvalue weighted by molar-refractivity contribution is 5.91. The van der Waals surface area contributed by atoms with Gasteiger partial charge in [0.25, 0.3) is 0 Å². The highest BCUT2D eigenvalue weighted by Gasteiger charge is 2.14. The second kappa shape index (κ2) is 5.78. The SMILES string of the molecule is COc1ccc(-n2nc(C(C)=O)c(=O)cc2C)c(OC)c1. The van der Waals surface area contributed by atoms with Crippen LogP contribution in [0.4, 0.5) is 0 Å². The summed E-state index contributed by atoms with van der Waals surface area (Å²) in [6, 6.07) is 6.60. The summed E-state index contributed by atoms with van der Waals surface area (Å²) >= 11 is 0. The van der Waals surface area contributed by atoms with Gasteiger partial charge in [0.1, 0.15) is 17.2 Å². The average Bonchev–Trinajstić information content (AvgIpc) is 2.46. The summed E-state index contributed by atoms with van der Waals surface area (Å²) < 4.78 is 12.0. The molecular formula is C15H16N2O4. The van der Waals surface area contributed by atoms with Crippen molar-refractivity contribution in [2.45, 2.75) is 13.8 Å². The van der Waals surface area contributed by atoms with Crippen LogP contribution in [0.15, 0.2) is 29.1 Å². The molecule has 0 N–H and O–H groups in total. The van der Waals surface area contributed by atoms with E-state index in [2.05, 4.69) is 5.10 Å². The number of carbonyl (C=O) groups is 1. The smallest absolute Gasteiger partial charge is 0.211 e. The molecule has 0 bridgehead atoms. The molecule has 0 aliphatic carbocycles. The molecule has 0 saturated heterocycles. The van der Waals surface area contributed by atoms with Crippen LogP contribution in [0.5, 0.6) is 11.5 Å². The summed E-state index contributed by atoms with van der Waals surface area (Å²) in [5.74, 6) is 0.797. The number of methoxy groups -OCH3 is 2. The van der Waals surface area contributed by atoms with Crippen LogP contribution < -0.4 is 14.9 Å². The van der Waals surface area contributed by atoms with Crippen LogP contribution in [-0.2, 0) is 0 Å². The maximum absolute atomic E-state index is 11.8. The quantitative estimate of drug-likeness (QED) is 0.802. The first-order valence-electron chi connectivity index (χ1n) is 6.32. The first-order valence-corrected chi connectivity index (χ1v) is 6.32. The molecule has 0 amide bonds. The van der Waals surface area contributed by atoms with Crippen LogP contribution >= 0.6 is 0 Å². The summed E-state index contributed by atoms with van der Waals surface area (Å²) in [5, 5.41) is 4.14. The lowest BCUT2D eigenvalue weighted by molar-refractivity contribution is 0.101. The van der Waals surface area contributed by atoms with Crippen LogP contribution in [-0.4, -0.2) is 29.8 Å². The van der Waals surface area contributed by atoms with Crippen LogP contribution in [0.25, 0.3) is 5.69 Å². The van der Waals surface area contributed by atoms with Gasteiger partial charge in [0.15, 0.2) is 11.5 Å². The van der Waals surface area contributed by atoms with Gasteiger partial charge in [0, 0.05) is 24.8 Å². The van der Waals surface area contributed by atoms with Crippen molar-refractivity contribution in [2.75, 3.05) is 14.2 Å². The number of aromatic nitrogens is 2. The Morgan fingerprint density at radius 2 is 1.90 bits per heavy atom. The monoisotopic (exact) mass is 288 g/mol. The van der Waals surface area contributed by atoms with Gasteiger partial charge in [-0.25, -0.2) is 4.68 Å². The fourth-order valence-corrected chi connectivity index (χ4v) is 2.00.